The first kappa shape index (κ1) is 14.7. The van der Waals surface area contributed by atoms with Gasteiger partial charge in [0.15, 0.2) is 0 Å². The van der Waals surface area contributed by atoms with Crippen LogP contribution in [0.4, 0.5) is 0 Å². The quantitative estimate of drug-likeness (QED) is 0.862. The van der Waals surface area contributed by atoms with Gasteiger partial charge in [-0.1, -0.05) is 44.4 Å². The van der Waals surface area contributed by atoms with Crippen LogP contribution in [-0.2, 0) is 0 Å². The van der Waals surface area contributed by atoms with Gasteiger partial charge >= 0.3 is 0 Å². The lowest BCUT2D eigenvalue weighted by atomic mass is 9.86. The molecular formula is C16H24ClNO. The third-order valence-corrected chi connectivity index (χ3v) is 4.61. The Hall–Kier alpha value is -0.730. The summed E-state index contributed by atoms with van der Waals surface area (Å²) in [5, 5.41) is 4.34. The number of ether oxygens (including phenoxy) is 1. The van der Waals surface area contributed by atoms with E-state index in [9.17, 15) is 0 Å². The lowest BCUT2D eigenvalue weighted by molar-refractivity contribution is 0.305. The average Bonchev–Trinajstić information content (AvgIpc) is 2.82. The van der Waals surface area contributed by atoms with Crippen molar-refractivity contribution in [3.05, 3.63) is 28.8 Å². The lowest BCUT2D eigenvalue weighted by Crippen LogP contribution is -2.29. The van der Waals surface area contributed by atoms with Crippen molar-refractivity contribution < 1.29 is 4.74 Å². The van der Waals surface area contributed by atoms with Gasteiger partial charge in [-0.2, -0.15) is 0 Å². The highest BCUT2D eigenvalue weighted by Crippen LogP contribution is 2.41. The highest BCUT2D eigenvalue weighted by atomic mass is 35.5. The highest BCUT2D eigenvalue weighted by Gasteiger charge is 2.31. The van der Waals surface area contributed by atoms with Crippen LogP contribution in [0, 0.1) is 11.8 Å². The van der Waals surface area contributed by atoms with Crippen molar-refractivity contribution >= 4 is 11.6 Å². The highest BCUT2D eigenvalue weighted by molar-refractivity contribution is 6.32. The Morgan fingerprint density at radius 2 is 2.21 bits per heavy atom. The number of nitrogens with one attached hydrogen (secondary N) is 1. The second-order valence-corrected chi connectivity index (χ2v) is 5.91. The van der Waals surface area contributed by atoms with Crippen molar-refractivity contribution in [1.82, 2.24) is 5.32 Å². The SMILES string of the molecule is CCNC(c1ccc(OC)c(Cl)c1)C1CCCC1C. The first-order valence-corrected chi connectivity index (χ1v) is 7.62. The average molecular weight is 282 g/mol. The minimum absolute atomic E-state index is 0.408. The predicted octanol–water partition coefficient (Wildman–Crippen LogP) is 4.44. The Bertz CT molecular complexity index is 421. The van der Waals surface area contributed by atoms with Crippen LogP contribution in [0.2, 0.25) is 5.02 Å². The molecular weight excluding hydrogens is 258 g/mol. The molecule has 3 heteroatoms. The van der Waals surface area contributed by atoms with Gasteiger partial charge in [-0.25, -0.2) is 0 Å². The standard InChI is InChI=1S/C16H24ClNO/c1-4-18-16(13-7-5-6-11(13)2)12-8-9-15(19-3)14(17)10-12/h8-11,13,16,18H,4-7H2,1-3H3. The van der Waals surface area contributed by atoms with Crippen LogP contribution < -0.4 is 10.1 Å². The second-order valence-electron chi connectivity index (χ2n) is 5.50. The smallest absolute Gasteiger partial charge is 0.137 e. The van der Waals surface area contributed by atoms with Crippen LogP contribution in [-0.4, -0.2) is 13.7 Å². The molecule has 0 bridgehead atoms. The molecule has 1 N–H and O–H groups in total. The van der Waals surface area contributed by atoms with Crippen molar-refractivity contribution in [2.24, 2.45) is 11.8 Å². The molecule has 1 aromatic rings. The molecule has 2 nitrogen and oxygen atoms in total. The van der Waals surface area contributed by atoms with E-state index >= 15 is 0 Å². The molecule has 3 unspecified atom stereocenters. The predicted molar refractivity (Wildman–Crippen MR) is 80.9 cm³/mol. The van der Waals surface area contributed by atoms with Crippen LogP contribution in [0.1, 0.15) is 44.7 Å². The fraction of sp³-hybridized carbons (Fsp3) is 0.625. The number of benzene rings is 1. The molecule has 0 aromatic heterocycles. The van der Waals surface area contributed by atoms with E-state index in [2.05, 4.69) is 31.3 Å². The minimum atomic E-state index is 0.408. The molecule has 0 spiro atoms. The monoisotopic (exact) mass is 281 g/mol. The minimum Gasteiger partial charge on any atom is -0.495 e. The summed E-state index contributed by atoms with van der Waals surface area (Å²) < 4.78 is 5.23. The largest absolute Gasteiger partial charge is 0.495 e. The molecule has 1 saturated carbocycles. The molecule has 0 saturated heterocycles. The Balaban J connectivity index is 2.25. The van der Waals surface area contributed by atoms with Crippen LogP contribution in [0.25, 0.3) is 0 Å². The van der Waals surface area contributed by atoms with Gasteiger partial charge in [-0.05, 0) is 42.5 Å². The maximum absolute atomic E-state index is 6.26. The molecule has 19 heavy (non-hydrogen) atoms. The van der Waals surface area contributed by atoms with E-state index in [0.29, 0.717) is 17.0 Å². The zero-order valence-corrected chi connectivity index (χ0v) is 12.8. The van der Waals surface area contributed by atoms with Gasteiger partial charge in [0, 0.05) is 6.04 Å². The van der Waals surface area contributed by atoms with Gasteiger partial charge in [0.25, 0.3) is 0 Å². The van der Waals surface area contributed by atoms with Gasteiger partial charge in [-0.3, -0.25) is 0 Å². The number of halogens is 1. The van der Waals surface area contributed by atoms with E-state index in [1.807, 2.05) is 6.07 Å². The van der Waals surface area contributed by atoms with E-state index in [1.54, 1.807) is 7.11 Å². The summed E-state index contributed by atoms with van der Waals surface area (Å²) in [6, 6.07) is 6.58. The van der Waals surface area contributed by atoms with Gasteiger partial charge in [-0.15, -0.1) is 0 Å². The fourth-order valence-electron chi connectivity index (χ4n) is 3.28. The number of hydrogen-bond acceptors (Lipinski definition) is 2. The molecule has 1 aliphatic rings. The first-order valence-electron chi connectivity index (χ1n) is 7.24. The Labute approximate surface area is 121 Å². The topological polar surface area (TPSA) is 21.3 Å². The summed E-state index contributed by atoms with van der Waals surface area (Å²) in [6.07, 6.45) is 4.00. The van der Waals surface area contributed by atoms with E-state index in [4.69, 9.17) is 16.3 Å². The second kappa shape index (κ2) is 6.62. The van der Waals surface area contributed by atoms with E-state index < -0.39 is 0 Å². The number of methoxy groups -OCH3 is 1. The molecule has 2 rings (SSSR count). The fourth-order valence-corrected chi connectivity index (χ4v) is 3.55. The zero-order chi connectivity index (χ0) is 13.8. The molecule has 1 aromatic carbocycles. The van der Waals surface area contributed by atoms with E-state index in [1.165, 1.54) is 24.8 Å². The normalized spacial score (nSPS) is 24.4. The van der Waals surface area contributed by atoms with Crippen LogP contribution >= 0.6 is 11.6 Å². The molecule has 0 amide bonds. The van der Waals surface area contributed by atoms with E-state index in [-0.39, 0.29) is 0 Å². The third-order valence-electron chi connectivity index (χ3n) is 4.31. The van der Waals surface area contributed by atoms with Crippen molar-refractivity contribution in [3.8, 4) is 5.75 Å². The molecule has 1 fully saturated rings. The van der Waals surface area contributed by atoms with Crippen molar-refractivity contribution in [1.29, 1.82) is 0 Å². The van der Waals surface area contributed by atoms with Gasteiger partial charge in [0.05, 0.1) is 12.1 Å². The molecule has 1 aliphatic carbocycles. The van der Waals surface area contributed by atoms with Crippen LogP contribution in [0.3, 0.4) is 0 Å². The maximum atomic E-state index is 6.26. The van der Waals surface area contributed by atoms with Crippen molar-refractivity contribution in [2.45, 2.75) is 39.2 Å². The van der Waals surface area contributed by atoms with Crippen molar-refractivity contribution in [2.75, 3.05) is 13.7 Å². The third kappa shape index (κ3) is 3.24. The van der Waals surface area contributed by atoms with Crippen molar-refractivity contribution in [3.63, 3.8) is 0 Å². The summed E-state index contributed by atoms with van der Waals surface area (Å²) in [4.78, 5) is 0. The zero-order valence-electron chi connectivity index (χ0n) is 12.1. The summed E-state index contributed by atoms with van der Waals surface area (Å²) in [6.45, 7) is 5.52. The summed E-state index contributed by atoms with van der Waals surface area (Å²) >= 11 is 6.26. The van der Waals surface area contributed by atoms with Gasteiger partial charge in [0.2, 0.25) is 0 Å². The van der Waals surface area contributed by atoms with Gasteiger partial charge in [0.1, 0.15) is 5.75 Å². The summed E-state index contributed by atoms with van der Waals surface area (Å²) in [5.41, 5.74) is 1.28. The van der Waals surface area contributed by atoms with Crippen LogP contribution in [0.5, 0.6) is 5.75 Å². The molecule has 0 heterocycles. The first-order chi connectivity index (χ1) is 9.17. The molecule has 0 radical (unpaired) electrons. The maximum Gasteiger partial charge on any atom is 0.137 e. The summed E-state index contributed by atoms with van der Waals surface area (Å²) in [7, 11) is 1.65. The molecule has 0 aliphatic heterocycles. The Kier molecular flexibility index (Phi) is 5.12. The molecule has 106 valence electrons. The lowest BCUT2D eigenvalue weighted by Gasteiger charge is -2.28. The van der Waals surface area contributed by atoms with Gasteiger partial charge < -0.3 is 10.1 Å². The Morgan fingerprint density at radius 1 is 1.42 bits per heavy atom. The Morgan fingerprint density at radius 3 is 2.74 bits per heavy atom. The van der Waals surface area contributed by atoms with E-state index in [0.717, 1.165) is 18.2 Å². The molecule has 3 atom stereocenters. The number of rotatable bonds is 5. The van der Waals surface area contributed by atoms with Crippen LogP contribution in [0.15, 0.2) is 18.2 Å². The summed E-state index contributed by atoms with van der Waals surface area (Å²) in [5.74, 6) is 2.24. The number of hydrogen-bond donors (Lipinski definition) is 1.